The summed E-state index contributed by atoms with van der Waals surface area (Å²) < 4.78 is 3.06. The van der Waals surface area contributed by atoms with E-state index < -0.39 is 0 Å². The van der Waals surface area contributed by atoms with Crippen molar-refractivity contribution in [3.05, 3.63) is 58.0 Å². The van der Waals surface area contributed by atoms with E-state index in [1.807, 2.05) is 29.8 Å². The molecule has 0 N–H and O–H groups in total. The summed E-state index contributed by atoms with van der Waals surface area (Å²) in [6.07, 6.45) is 0. The SMILES string of the molecule is Cc1nn(Cc2ccc3ccccc3n2)c(C)c1Br. The molecule has 0 radical (unpaired) electrons. The first kappa shape index (κ1) is 12.4. The number of benzene rings is 1. The van der Waals surface area contributed by atoms with Crippen LogP contribution in [0.4, 0.5) is 0 Å². The van der Waals surface area contributed by atoms with E-state index in [1.54, 1.807) is 0 Å². The van der Waals surface area contributed by atoms with Crippen LogP contribution in [0, 0.1) is 13.8 Å². The minimum atomic E-state index is 0.698. The smallest absolute Gasteiger partial charge is 0.0835 e. The summed E-state index contributed by atoms with van der Waals surface area (Å²) in [5.74, 6) is 0. The Morgan fingerprint density at radius 2 is 1.89 bits per heavy atom. The molecule has 0 saturated heterocycles. The molecule has 2 heterocycles. The lowest BCUT2D eigenvalue weighted by Gasteiger charge is -2.05. The summed E-state index contributed by atoms with van der Waals surface area (Å²) in [7, 11) is 0. The minimum absolute atomic E-state index is 0.698. The van der Waals surface area contributed by atoms with Crippen molar-refractivity contribution in [3.63, 3.8) is 0 Å². The van der Waals surface area contributed by atoms with E-state index in [9.17, 15) is 0 Å². The van der Waals surface area contributed by atoms with Crippen molar-refractivity contribution in [1.82, 2.24) is 14.8 Å². The third kappa shape index (κ3) is 2.28. The fourth-order valence-corrected chi connectivity index (χ4v) is 2.46. The van der Waals surface area contributed by atoms with Gasteiger partial charge in [0.1, 0.15) is 0 Å². The Bertz CT molecular complexity index is 746. The number of aromatic nitrogens is 3. The molecule has 2 aromatic heterocycles. The summed E-state index contributed by atoms with van der Waals surface area (Å²) in [6, 6.07) is 12.3. The molecule has 0 aliphatic heterocycles. The average molecular weight is 316 g/mol. The van der Waals surface area contributed by atoms with Crippen LogP contribution < -0.4 is 0 Å². The third-order valence-electron chi connectivity index (χ3n) is 3.26. The van der Waals surface area contributed by atoms with Crippen molar-refractivity contribution in [3.8, 4) is 0 Å². The van der Waals surface area contributed by atoms with E-state index in [2.05, 4.69) is 51.1 Å². The average Bonchev–Trinajstić information content (AvgIpc) is 2.66. The number of rotatable bonds is 2. The van der Waals surface area contributed by atoms with Crippen molar-refractivity contribution in [1.29, 1.82) is 0 Å². The molecule has 0 saturated carbocycles. The summed E-state index contributed by atoms with van der Waals surface area (Å²) in [5.41, 5.74) is 4.20. The Morgan fingerprint density at radius 1 is 1.11 bits per heavy atom. The van der Waals surface area contributed by atoms with E-state index in [4.69, 9.17) is 0 Å². The summed E-state index contributed by atoms with van der Waals surface area (Å²) in [5, 5.41) is 5.68. The molecule has 4 heteroatoms. The lowest BCUT2D eigenvalue weighted by Crippen LogP contribution is -2.05. The highest BCUT2D eigenvalue weighted by molar-refractivity contribution is 9.10. The minimum Gasteiger partial charge on any atom is -0.262 e. The standard InChI is InChI=1S/C15H14BrN3/c1-10-15(16)11(2)19(18-10)9-13-8-7-12-5-3-4-6-14(12)17-13/h3-8H,9H2,1-2H3. The van der Waals surface area contributed by atoms with Crippen molar-refractivity contribution in [2.45, 2.75) is 20.4 Å². The zero-order valence-corrected chi connectivity index (χ0v) is 12.5. The van der Waals surface area contributed by atoms with Crippen molar-refractivity contribution < 1.29 is 0 Å². The van der Waals surface area contributed by atoms with Gasteiger partial charge in [0.05, 0.1) is 33.6 Å². The molecule has 0 atom stereocenters. The maximum Gasteiger partial charge on any atom is 0.0835 e. The predicted molar refractivity (Wildman–Crippen MR) is 80.2 cm³/mol. The topological polar surface area (TPSA) is 30.7 Å². The normalized spacial score (nSPS) is 11.1. The highest BCUT2D eigenvalue weighted by Gasteiger charge is 2.09. The van der Waals surface area contributed by atoms with Crippen LogP contribution in [0.3, 0.4) is 0 Å². The van der Waals surface area contributed by atoms with E-state index >= 15 is 0 Å². The van der Waals surface area contributed by atoms with E-state index in [-0.39, 0.29) is 0 Å². The van der Waals surface area contributed by atoms with Gasteiger partial charge in [-0.25, -0.2) is 0 Å². The zero-order valence-electron chi connectivity index (χ0n) is 10.9. The molecule has 0 aliphatic carbocycles. The lowest BCUT2D eigenvalue weighted by atomic mass is 10.2. The molecule has 0 amide bonds. The number of hydrogen-bond donors (Lipinski definition) is 0. The molecular weight excluding hydrogens is 302 g/mol. The molecule has 0 bridgehead atoms. The lowest BCUT2D eigenvalue weighted by molar-refractivity contribution is 0.648. The van der Waals surface area contributed by atoms with Crippen LogP contribution in [-0.4, -0.2) is 14.8 Å². The van der Waals surface area contributed by atoms with Crippen LogP contribution in [0.2, 0.25) is 0 Å². The number of hydrogen-bond acceptors (Lipinski definition) is 2. The fourth-order valence-electron chi connectivity index (χ4n) is 2.18. The Hall–Kier alpha value is -1.68. The molecule has 0 spiro atoms. The zero-order chi connectivity index (χ0) is 13.4. The van der Waals surface area contributed by atoms with Gasteiger partial charge in [0.15, 0.2) is 0 Å². The Balaban J connectivity index is 1.98. The van der Waals surface area contributed by atoms with Crippen LogP contribution in [0.25, 0.3) is 10.9 Å². The first-order chi connectivity index (χ1) is 9.15. The molecule has 0 fully saturated rings. The molecule has 3 aromatic rings. The van der Waals surface area contributed by atoms with Gasteiger partial charge in [0.2, 0.25) is 0 Å². The molecule has 0 aliphatic rings. The van der Waals surface area contributed by atoms with E-state index in [1.165, 1.54) is 5.39 Å². The predicted octanol–water partition coefficient (Wildman–Crippen LogP) is 3.86. The van der Waals surface area contributed by atoms with Gasteiger partial charge in [-0.2, -0.15) is 5.10 Å². The highest BCUT2D eigenvalue weighted by Crippen LogP contribution is 2.20. The monoisotopic (exact) mass is 315 g/mol. The van der Waals surface area contributed by atoms with Gasteiger partial charge in [-0.1, -0.05) is 24.3 Å². The van der Waals surface area contributed by atoms with Gasteiger partial charge in [-0.15, -0.1) is 0 Å². The Kier molecular flexibility index (Phi) is 3.11. The number of para-hydroxylation sites is 1. The molecular formula is C15H14BrN3. The maximum absolute atomic E-state index is 4.67. The Morgan fingerprint density at radius 3 is 2.63 bits per heavy atom. The second-order valence-electron chi connectivity index (χ2n) is 4.64. The first-order valence-electron chi connectivity index (χ1n) is 6.19. The van der Waals surface area contributed by atoms with E-state index in [0.29, 0.717) is 6.54 Å². The number of aryl methyl sites for hydroxylation is 1. The highest BCUT2D eigenvalue weighted by atomic mass is 79.9. The van der Waals surface area contributed by atoms with Gasteiger partial charge in [-0.3, -0.25) is 9.67 Å². The van der Waals surface area contributed by atoms with Crippen molar-refractivity contribution in [2.24, 2.45) is 0 Å². The maximum atomic E-state index is 4.67. The summed E-state index contributed by atoms with van der Waals surface area (Å²) in [6.45, 7) is 4.76. The number of fused-ring (bicyclic) bond motifs is 1. The van der Waals surface area contributed by atoms with Crippen molar-refractivity contribution >= 4 is 26.8 Å². The van der Waals surface area contributed by atoms with Crippen LogP contribution in [0.1, 0.15) is 17.1 Å². The molecule has 0 unspecified atom stereocenters. The van der Waals surface area contributed by atoms with E-state index in [0.717, 1.165) is 27.1 Å². The number of nitrogens with zero attached hydrogens (tertiary/aromatic N) is 3. The van der Waals surface area contributed by atoms with Crippen LogP contribution in [0.15, 0.2) is 40.9 Å². The van der Waals surface area contributed by atoms with Gasteiger partial charge >= 0.3 is 0 Å². The number of halogens is 1. The second kappa shape index (κ2) is 4.78. The van der Waals surface area contributed by atoms with Crippen LogP contribution >= 0.6 is 15.9 Å². The molecule has 96 valence electrons. The van der Waals surface area contributed by atoms with Gasteiger partial charge in [-0.05, 0) is 41.9 Å². The molecule has 19 heavy (non-hydrogen) atoms. The van der Waals surface area contributed by atoms with Crippen LogP contribution in [0.5, 0.6) is 0 Å². The quantitative estimate of drug-likeness (QED) is 0.719. The molecule has 3 rings (SSSR count). The molecule has 3 nitrogen and oxygen atoms in total. The third-order valence-corrected chi connectivity index (χ3v) is 4.41. The number of pyridine rings is 1. The van der Waals surface area contributed by atoms with Crippen molar-refractivity contribution in [2.75, 3.05) is 0 Å². The second-order valence-corrected chi connectivity index (χ2v) is 5.43. The largest absolute Gasteiger partial charge is 0.262 e. The van der Waals surface area contributed by atoms with Gasteiger partial charge in [0.25, 0.3) is 0 Å². The Labute approximate surface area is 120 Å². The van der Waals surface area contributed by atoms with Gasteiger partial charge in [0, 0.05) is 5.39 Å². The van der Waals surface area contributed by atoms with Gasteiger partial charge < -0.3 is 0 Å². The van der Waals surface area contributed by atoms with Crippen LogP contribution in [-0.2, 0) is 6.54 Å². The summed E-state index contributed by atoms with van der Waals surface area (Å²) in [4.78, 5) is 4.67. The summed E-state index contributed by atoms with van der Waals surface area (Å²) >= 11 is 3.55. The molecule has 1 aromatic carbocycles. The first-order valence-corrected chi connectivity index (χ1v) is 6.98. The fraction of sp³-hybridized carbons (Fsp3) is 0.200.